The van der Waals surface area contributed by atoms with Crippen LogP contribution in [0.25, 0.3) is 0 Å². The number of benzene rings is 2. The number of hydrogen-bond donors (Lipinski definition) is 1. The van der Waals surface area contributed by atoms with E-state index in [0.717, 1.165) is 19.5 Å². The molecule has 21 heavy (non-hydrogen) atoms. The van der Waals surface area contributed by atoms with Crippen LogP contribution in [-0.4, -0.2) is 13.1 Å². The lowest BCUT2D eigenvalue weighted by Gasteiger charge is -2.43. The Kier molecular flexibility index (Phi) is 4.46. The maximum absolute atomic E-state index is 3.74. The van der Waals surface area contributed by atoms with Crippen LogP contribution in [0.1, 0.15) is 30.4 Å². The fourth-order valence-electron chi connectivity index (χ4n) is 3.56. The minimum Gasteiger partial charge on any atom is -0.316 e. The normalized spacial score (nSPS) is 25.7. The fraction of sp³-hybridized carbons (Fsp3) is 0.368. The van der Waals surface area contributed by atoms with Gasteiger partial charge in [-0.3, -0.25) is 0 Å². The van der Waals surface area contributed by atoms with Gasteiger partial charge in [-0.1, -0.05) is 71.4 Å². The first-order chi connectivity index (χ1) is 10.2. The van der Waals surface area contributed by atoms with Crippen molar-refractivity contribution in [2.24, 2.45) is 5.41 Å². The molecule has 1 fully saturated rings. The first kappa shape index (κ1) is 14.8. The largest absolute Gasteiger partial charge is 0.316 e. The molecule has 0 bridgehead atoms. The standard InChI is InChI=1S/C19H22BrN/c1-19(13-15-7-3-2-4-8-15)11-12-21-14-17(19)16-9-5-6-10-18(16)20/h2-10,17,21H,11-14H2,1H3. The summed E-state index contributed by atoms with van der Waals surface area (Å²) in [5.41, 5.74) is 3.18. The molecular weight excluding hydrogens is 322 g/mol. The molecular formula is C19H22BrN. The van der Waals surface area contributed by atoms with Crippen molar-refractivity contribution < 1.29 is 0 Å². The maximum Gasteiger partial charge on any atom is 0.0210 e. The van der Waals surface area contributed by atoms with Crippen molar-refractivity contribution in [3.63, 3.8) is 0 Å². The van der Waals surface area contributed by atoms with Gasteiger partial charge < -0.3 is 5.32 Å². The summed E-state index contributed by atoms with van der Waals surface area (Å²) in [6.45, 7) is 4.63. The molecule has 3 rings (SSSR count). The molecule has 0 radical (unpaired) electrons. The minimum absolute atomic E-state index is 0.302. The van der Waals surface area contributed by atoms with Crippen molar-refractivity contribution in [3.05, 3.63) is 70.2 Å². The zero-order chi connectivity index (χ0) is 14.7. The van der Waals surface area contributed by atoms with Crippen molar-refractivity contribution in [1.82, 2.24) is 5.32 Å². The molecule has 0 aliphatic carbocycles. The lowest BCUT2D eigenvalue weighted by molar-refractivity contribution is 0.186. The Morgan fingerprint density at radius 3 is 2.57 bits per heavy atom. The van der Waals surface area contributed by atoms with Gasteiger partial charge in [-0.05, 0) is 42.0 Å². The Balaban J connectivity index is 1.92. The summed E-state index contributed by atoms with van der Waals surface area (Å²) >= 11 is 3.74. The van der Waals surface area contributed by atoms with E-state index in [-0.39, 0.29) is 0 Å². The highest BCUT2D eigenvalue weighted by Gasteiger charge is 2.38. The molecule has 2 atom stereocenters. The smallest absolute Gasteiger partial charge is 0.0210 e. The first-order valence-electron chi connectivity index (χ1n) is 7.68. The molecule has 1 heterocycles. The predicted octanol–water partition coefficient (Wildman–Crippen LogP) is 4.78. The van der Waals surface area contributed by atoms with Crippen molar-refractivity contribution in [2.45, 2.75) is 25.7 Å². The third kappa shape index (κ3) is 3.22. The van der Waals surface area contributed by atoms with Gasteiger partial charge in [-0.15, -0.1) is 0 Å². The number of halogens is 1. The molecule has 0 aromatic heterocycles. The summed E-state index contributed by atoms with van der Waals surface area (Å²) in [5.74, 6) is 0.544. The van der Waals surface area contributed by atoms with Crippen LogP contribution in [-0.2, 0) is 6.42 Å². The van der Waals surface area contributed by atoms with Gasteiger partial charge in [0, 0.05) is 16.9 Å². The molecule has 0 spiro atoms. The zero-order valence-electron chi connectivity index (χ0n) is 12.5. The molecule has 1 aliphatic rings. The zero-order valence-corrected chi connectivity index (χ0v) is 14.1. The predicted molar refractivity (Wildman–Crippen MR) is 92.6 cm³/mol. The second-order valence-corrected chi connectivity index (χ2v) is 7.20. The van der Waals surface area contributed by atoms with Crippen LogP contribution < -0.4 is 5.32 Å². The average molecular weight is 344 g/mol. The van der Waals surface area contributed by atoms with Gasteiger partial charge >= 0.3 is 0 Å². The Bertz CT molecular complexity index is 596. The number of rotatable bonds is 3. The highest BCUT2D eigenvalue weighted by Crippen LogP contribution is 2.45. The van der Waals surface area contributed by atoms with E-state index in [1.54, 1.807) is 0 Å². The molecule has 1 saturated heterocycles. The van der Waals surface area contributed by atoms with Gasteiger partial charge in [0.2, 0.25) is 0 Å². The van der Waals surface area contributed by atoms with Crippen LogP contribution in [0.15, 0.2) is 59.1 Å². The molecule has 110 valence electrons. The molecule has 2 unspecified atom stereocenters. The summed E-state index contributed by atoms with van der Waals surface area (Å²) in [6, 6.07) is 19.6. The van der Waals surface area contributed by atoms with E-state index < -0.39 is 0 Å². The van der Waals surface area contributed by atoms with Gasteiger partial charge in [0.05, 0.1) is 0 Å². The number of piperidine rings is 1. The van der Waals surface area contributed by atoms with E-state index in [1.807, 2.05) is 0 Å². The van der Waals surface area contributed by atoms with Gasteiger partial charge in [0.25, 0.3) is 0 Å². The van der Waals surface area contributed by atoms with E-state index in [2.05, 4.69) is 82.8 Å². The van der Waals surface area contributed by atoms with E-state index in [0.29, 0.717) is 11.3 Å². The number of hydrogen-bond acceptors (Lipinski definition) is 1. The van der Waals surface area contributed by atoms with Crippen molar-refractivity contribution in [1.29, 1.82) is 0 Å². The topological polar surface area (TPSA) is 12.0 Å². The van der Waals surface area contributed by atoms with E-state index in [4.69, 9.17) is 0 Å². The Hall–Kier alpha value is -1.12. The molecule has 2 aromatic carbocycles. The van der Waals surface area contributed by atoms with Crippen molar-refractivity contribution >= 4 is 15.9 Å². The van der Waals surface area contributed by atoms with Crippen LogP contribution in [0.5, 0.6) is 0 Å². The molecule has 0 amide bonds. The van der Waals surface area contributed by atoms with E-state index >= 15 is 0 Å². The molecule has 1 N–H and O–H groups in total. The Morgan fingerprint density at radius 2 is 1.81 bits per heavy atom. The number of nitrogens with one attached hydrogen (secondary N) is 1. The quantitative estimate of drug-likeness (QED) is 0.845. The molecule has 2 aromatic rings. The summed E-state index contributed by atoms with van der Waals surface area (Å²) in [6.07, 6.45) is 2.36. The van der Waals surface area contributed by atoms with Gasteiger partial charge in [0.1, 0.15) is 0 Å². The van der Waals surface area contributed by atoms with Crippen LogP contribution in [0, 0.1) is 5.41 Å². The van der Waals surface area contributed by atoms with Crippen LogP contribution >= 0.6 is 15.9 Å². The third-order valence-electron chi connectivity index (χ3n) is 4.79. The highest BCUT2D eigenvalue weighted by molar-refractivity contribution is 9.10. The Morgan fingerprint density at radius 1 is 1.10 bits per heavy atom. The Labute approximate surface area is 135 Å². The summed E-state index contributed by atoms with van der Waals surface area (Å²) in [7, 11) is 0. The fourth-order valence-corrected chi connectivity index (χ4v) is 4.12. The van der Waals surface area contributed by atoms with Gasteiger partial charge in [-0.25, -0.2) is 0 Å². The van der Waals surface area contributed by atoms with Crippen molar-refractivity contribution in [2.75, 3.05) is 13.1 Å². The highest BCUT2D eigenvalue weighted by atomic mass is 79.9. The molecule has 2 heteroatoms. The van der Waals surface area contributed by atoms with Gasteiger partial charge in [-0.2, -0.15) is 0 Å². The van der Waals surface area contributed by atoms with E-state index in [1.165, 1.54) is 22.0 Å². The van der Waals surface area contributed by atoms with Crippen molar-refractivity contribution in [3.8, 4) is 0 Å². The first-order valence-corrected chi connectivity index (χ1v) is 8.47. The summed E-state index contributed by atoms with van der Waals surface area (Å²) in [5, 5.41) is 3.58. The van der Waals surface area contributed by atoms with Crippen LogP contribution in [0.2, 0.25) is 0 Å². The second-order valence-electron chi connectivity index (χ2n) is 6.34. The summed E-state index contributed by atoms with van der Waals surface area (Å²) in [4.78, 5) is 0. The van der Waals surface area contributed by atoms with Crippen LogP contribution in [0.3, 0.4) is 0 Å². The SMILES string of the molecule is CC1(Cc2ccccc2)CCNCC1c1ccccc1Br. The second kappa shape index (κ2) is 6.33. The van der Waals surface area contributed by atoms with Gasteiger partial charge in [0.15, 0.2) is 0 Å². The monoisotopic (exact) mass is 343 g/mol. The lowest BCUT2D eigenvalue weighted by Crippen LogP contribution is -2.43. The molecule has 0 saturated carbocycles. The van der Waals surface area contributed by atoms with Crippen LogP contribution in [0.4, 0.5) is 0 Å². The van der Waals surface area contributed by atoms with E-state index in [9.17, 15) is 0 Å². The maximum atomic E-state index is 3.74. The average Bonchev–Trinajstić information content (AvgIpc) is 2.49. The molecule has 1 nitrogen and oxygen atoms in total. The lowest BCUT2D eigenvalue weighted by atomic mass is 9.66. The molecule has 1 aliphatic heterocycles. The third-order valence-corrected chi connectivity index (χ3v) is 5.52. The summed E-state index contributed by atoms with van der Waals surface area (Å²) < 4.78 is 1.23. The minimum atomic E-state index is 0.302.